The van der Waals surface area contributed by atoms with E-state index in [1.807, 2.05) is 6.92 Å². The third-order valence-electron chi connectivity index (χ3n) is 5.73. The van der Waals surface area contributed by atoms with E-state index >= 15 is 0 Å². The van der Waals surface area contributed by atoms with Gasteiger partial charge in [-0.15, -0.1) is 5.10 Å². The number of methoxy groups -OCH3 is 1. The van der Waals surface area contributed by atoms with Gasteiger partial charge in [-0.2, -0.15) is 4.98 Å². The molecule has 0 fully saturated rings. The molecule has 1 aliphatic rings. The molecule has 0 radical (unpaired) electrons. The van der Waals surface area contributed by atoms with Gasteiger partial charge in [0.15, 0.2) is 0 Å². The molecule has 0 aliphatic carbocycles. The number of hydrogen-bond acceptors (Lipinski definition) is 7. The lowest BCUT2D eigenvalue weighted by molar-refractivity contribution is -0.140. The number of carbonyl (C=O) groups is 1. The molecule has 3 aromatic rings. The Bertz CT molecular complexity index is 1190. The number of benzene rings is 2. The fourth-order valence-corrected chi connectivity index (χ4v) is 4.72. The van der Waals surface area contributed by atoms with Crippen molar-refractivity contribution in [3.8, 4) is 0 Å². The first-order valence-corrected chi connectivity index (χ1v) is 12.4. The Hall–Kier alpha value is -3.10. The molecule has 1 aliphatic heterocycles. The van der Waals surface area contributed by atoms with Gasteiger partial charge in [-0.1, -0.05) is 72.8 Å². The number of aryl methyl sites for hydroxylation is 2. The molecule has 4 rings (SSSR count). The van der Waals surface area contributed by atoms with Crippen molar-refractivity contribution >= 4 is 23.7 Å². The van der Waals surface area contributed by atoms with E-state index in [2.05, 4.69) is 67.7 Å². The predicted octanol–water partition coefficient (Wildman–Crippen LogP) is 4.92. The lowest BCUT2D eigenvalue weighted by Gasteiger charge is -2.28. The molecule has 34 heavy (non-hydrogen) atoms. The number of fused-ring (bicyclic) bond motifs is 1. The van der Waals surface area contributed by atoms with E-state index < -0.39 is 6.04 Å². The van der Waals surface area contributed by atoms with Crippen LogP contribution in [-0.4, -0.2) is 41.1 Å². The van der Waals surface area contributed by atoms with Gasteiger partial charge in [0, 0.05) is 18.6 Å². The van der Waals surface area contributed by atoms with Crippen LogP contribution >= 0.6 is 11.8 Å². The van der Waals surface area contributed by atoms with Crippen molar-refractivity contribution in [3.05, 3.63) is 82.1 Å². The van der Waals surface area contributed by atoms with Crippen LogP contribution in [0.25, 0.3) is 0 Å². The Balaban J connectivity index is 1.65. The van der Waals surface area contributed by atoms with Crippen molar-refractivity contribution in [2.24, 2.45) is 0 Å². The molecule has 0 unspecified atom stereocenters. The summed E-state index contributed by atoms with van der Waals surface area (Å²) in [5.74, 6) is 0.989. The quantitative estimate of drug-likeness (QED) is 0.266. The van der Waals surface area contributed by atoms with Gasteiger partial charge in [0.25, 0.3) is 0 Å². The second kappa shape index (κ2) is 10.9. The Labute approximate surface area is 204 Å². The minimum atomic E-state index is -0.432. The smallest absolute Gasteiger partial charge is 0.338 e. The first-order valence-electron chi connectivity index (χ1n) is 11.4. The van der Waals surface area contributed by atoms with Crippen molar-refractivity contribution in [2.75, 3.05) is 25.6 Å². The molecule has 0 spiro atoms. The second-order valence-electron chi connectivity index (χ2n) is 8.23. The van der Waals surface area contributed by atoms with Gasteiger partial charge >= 0.3 is 5.97 Å². The van der Waals surface area contributed by atoms with Gasteiger partial charge in [-0.05, 0) is 37.0 Å². The zero-order valence-corrected chi connectivity index (χ0v) is 20.8. The molecular weight excluding hydrogens is 448 g/mol. The van der Waals surface area contributed by atoms with E-state index in [-0.39, 0.29) is 12.6 Å². The van der Waals surface area contributed by atoms with E-state index in [0.29, 0.717) is 29.0 Å². The number of thioether (sulfide) groups is 1. The minimum Gasteiger partial charge on any atom is -0.460 e. The van der Waals surface area contributed by atoms with E-state index in [1.54, 1.807) is 23.6 Å². The average Bonchev–Trinajstić information content (AvgIpc) is 3.24. The number of anilines is 1. The van der Waals surface area contributed by atoms with Crippen LogP contribution in [0.15, 0.2) is 65.0 Å². The van der Waals surface area contributed by atoms with E-state index in [0.717, 1.165) is 17.7 Å². The minimum absolute atomic E-state index is 0.190. The molecule has 1 aromatic heterocycles. The summed E-state index contributed by atoms with van der Waals surface area (Å²) in [6, 6.07) is 16.3. The van der Waals surface area contributed by atoms with E-state index in [4.69, 9.17) is 19.6 Å². The lowest BCUT2D eigenvalue weighted by atomic mass is 9.95. The highest BCUT2D eigenvalue weighted by molar-refractivity contribution is 7.98. The number of carbonyl (C=O) groups excluding carboxylic acids is 1. The van der Waals surface area contributed by atoms with Crippen LogP contribution in [0.4, 0.5) is 5.95 Å². The maximum atomic E-state index is 13.1. The van der Waals surface area contributed by atoms with Gasteiger partial charge in [-0.3, -0.25) is 0 Å². The summed E-state index contributed by atoms with van der Waals surface area (Å²) < 4.78 is 12.3. The summed E-state index contributed by atoms with van der Waals surface area (Å²) in [6.07, 6.45) is 0.946. The summed E-state index contributed by atoms with van der Waals surface area (Å²) in [7, 11) is 1.58. The van der Waals surface area contributed by atoms with Crippen molar-refractivity contribution in [1.82, 2.24) is 14.8 Å². The zero-order valence-electron chi connectivity index (χ0n) is 20.0. The number of allylic oxidation sites excluding steroid dienone is 1. The molecule has 1 atom stereocenters. The molecule has 8 heteroatoms. The first-order chi connectivity index (χ1) is 16.5. The molecule has 0 saturated carbocycles. The number of aromatic nitrogens is 3. The fourth-order valence-electron chi connectivity index (χ4n) is 3.95. The van der Waals surface area contributed by atoms with Crippen LogP contribution in [0.3, 0.4) is 0 Å². The summed E-state index contributed by atoms with van der Waals surface area (Å²) >= 11 is 1.57. The largest absolute Gasteiger partial charge is 0.460 e. The normalized spacial score (nSPS) is 15.1. The standard InChI is InChI=1S/C26H30N4O3S/c1-5-19-9-11-21(12-10-19)23-22(24(31)33-14-13-32-4)18(3)27-25-28-26(29-30(23)25)34-16-20-8-6-7-17(2)15-20/h6-12,15,23H,5,13-14,16H2,1-4H3,(H,27,28,29)/t23-/m0/s1. The molecule has 0 saturated heterocycles. The van der Waals surface area contributed by atoms with Crippen LogP contribution < -0.4 is 5.32 Å². The SMILES string of the molecule is CCc1ccc([C@H]2C(C(=O)OCCOC)=C(C)Nc3nc(SCc4cccc(C)c4)nn32)cc1. The van der Waals surface area contributed by atoms with Crippen LogP contribution in [0, 0.1) is 6.92 Å². The van der Waals surface area contributed by atoms with Crippen LogP contribution in [0.1, 0.15) is 42.1 Å². The summed E-state index contributed by atoms with van der Waals surface area (Å²) in [6.45, 7) is 6.61. The number of rotatable bonds is 9. The molecule has 7 nitrogen and oxygen atoms in total. The maximum absolute atomic E-state index is 13.1. The lowest BCUT2D eigenvalue weighted by Crippen LogP contribution is -2.30. The summed E-state index contributed by atoms with van der Waals surface area (Å²) in [4.78, 5) is 17.8. The van der Waals surface area contributed by atoms with Gasteiger partial charge in [0.05, 0.1) is 12.2 Å². The Morgan fingerprint density at radius 3 is 2.62 bits per heavy atom. The van der Waals surface area contributed by atoms with Gasteiger partial charge in [0.1, 0.15) is 12.6 Å². The number of hydrogen-bond donors (Lipinski definition) is 1. The maximum Gasteiger partial charge on any atom is 0.338 e. The molecular formula is C26H30N4O3S. The predicted molar refractivity (Wildman–Crippen MR) is 134 cm³/mol. The topological polar surface area (TPSA) is 78.3 Å². The van der Waals surface area contributed by atoms with Crippen LogP contribution in [-0.2, 0) is 26.4 Å². The zero-order chi connectivity index (χ0) is 24.1. The van der Waals surface area contributed by atoms with Crippen molar-refractivity contribution < 1.29 is 14.3 Å². The molecule has 0 amide bonds. The van der Waals surface area contributed by atoms with E-state index in [9.17, 15) is 4.79 Å². The third-order valence-corrected chi connectivity index (χ3v) is 6.64. The molecule has 1 N–H and O–H groups in total. The Morgan fingerprint density at radius 2 is 1.91 bits per heavy atom. The summed E-state index contributed by atoms with van der Waals surface area (Å²) in [5.41, 5.74) is 5.86. The number of esters is 1. The highest BCUT2D eigenvalue weighted by Gasteiger charge is 2.35. The van der Waals surface area contributed by atoms with Crippen LogP contribution in [0.5, 0.6) is 0 Å². The van der Waals surface area contributed by atoms with E-state index in [1.165, 1.54) is 16.7 Å². The highest BCUT2D eigenvalue weighted by atomic mass is 32.2. The Morgan fingerprint density at radius 1 is 1.12 bits per heavy atom. The fraction of sp³-hybridized carbons (Fsp3) is 0.346. The Kier molecular flexibility index (Phi) is 7.70. The molecule has 2 heterocycles. The van der Waals surface area contributed by atoms with Crippen molar-refractivity contribution in [2.45, 2.75) is 44.1 Å². The highest BCUT2D eigenvalue weighted by Crippen LogP contribution is 2.37. The van der Waals surface area contributed by atoms with Crippen molar-refractivity contribution in [3.63, 3.8) is 0 Å². The molecule has 178 valence electrons. The third kappa shape index (κ3) is 5.34. The van der Waals surface area contributed by atoms with Gasteiger partial charge < -0.3 is 14.8 Å². The van der Waals surface area contributed by atoms with Gasteiger partial charge in [-0.25, -0.2) is 9.48 Å². The van der Waals surface area contributed by atoms with Gasteiger partial charge in [0.2, 0.25) is 11.1 Å². The first kappa shape index (κ1) is 24.0. The number of ether oxygens (including phenoxy) is 2. The molecule has 2 aromatic carbocycles. The molecule has 0 bridgehead atoms. The number of nitrogens with zero attached hydrogens (tertiary/aromatic N) is 3. The van der Waals surface area contributed by atoms with Crippen molar-refractivity contribution in [1.29, 1.82) is 0 Å². The summed E-state index contributed by atoms with van der Waals surface area (Å²) in [5, 5.41) is 8.70. The average molecular weight is 479 g/mol. The van der Waals surface area contributed by atoms with Crippen LogP contribution in [0.2, 0.25) is 0 Å². The monoisotopic (exact) mass is 478 g/mol. The second-order valence-corrected chi connectivity index (χ2v) is 9.17. The number of nitrogens with one attached hydrogen (secondary N) is 1.